The molecule has 2 rings (SSSR count). The summed E-state index contributed by atoms with van der Waals surface area (Å²) in [6, 6.07) is -0.710. The number of aliphatic hydroxyl groups excluding tert-OH is 6. The SMILES string of the molecule is CCC/C=C/[C@@H](OC(C)=O)[C@H](COC(=O)CCCCCCN(CCCCO[C@@H]1OC(C)[C@H](O)[C@H](O)C1O)CCCCO[C@@H]1OC(C)[C@H](O)[C@H](O)C1O)NC(=O)CC. The molecule has 12 atom stereocenters. The average molecular weight is 821 g/mol. The summed E-state index contributed by atoms with van der Waals surface area (Å²) in [6.07, 6.45) is -0.126. The summed E-state index contributed by atoms with van der Waals surface area (Å²) >= 11 is 0. The van der Waals surface area contributed by atoms with Gasteiger partial charge in [-0.1, -0.05) is 39.2 Å². The second-order valence-electron chi connectivity index (χ2n) is 15.0. The van der Waals surface area contributed by atoms with Crippen molar-refractivity contribution in [1.82, 2.24) is 10.2 Å². The largest absolute Gasteiger partial charge is 0.463 e. The summed E-state index contributed by atoms with van der Waals surface area (Å²) in [5.41, 5.74) is 0. The highest BCUT2D eigenvalue weighted by Gasteiger charge is 2.43. The third kappa shape index (κ3) is 19.1. The highest BCUT2D eigenvalue weighted by molar-refractivity contribution is 5.76. The van der Waals surface area contributed by atoms with Crippen molar-refractivity contribution in [3.63, 3.8) is 0 Å². The van der Waals surface area contributed by atoms with Gasteiger partial charge in [0.1, 0.15) is 55.4 Å². The molecule has 332 valence electrons. The minimum atomic E-state index is -1.35. The van der Waals surface area contributed by atoms with E-state index in [1.165, 1.54) is 6.92 Å². The molecule has 0 spiro atoms. The van der Waals surface area contributed by atoms with Crippen LogP contribution in [-0.4, -0.2) is 166 Å². The van der Waals surface area contributed by atoms with E-state index in [0.29, 0.717) is 32.5 Å². The lowest BCUT2D eigenvalue weighted by molar-refractivity contribution is -0.293. The molecule has 0 aromatic rings. The molecule has 0 aromatic heterocycles. The van der Waals surface area contributed by atoms with Crippen molar-refractivity contribution in [2.75, 3.05) is 39.5 Å². The topological polar surface area (TPSA) is 243 Å². The first kappa shape index (κ1) is 50.9. The van der Waals surface area contributed by atoms with Crippen LogP contribution in [0.3, 0.4) is 0 Å². The van der Waals surface area contributed by atoms with Gasteiger partial charge < -0.3 is 69.3 Å². The van der Waals surface area contributed by atoms with Gasteiger partial charge >= 0.3 is 11.9 Å². The molecule has 1 amide bonds. The average Bonchev–Trinajstić information content (AvgIpc) is 3.18. The number of ether oxygens (including phenoxy) is 6. The molecule has 0 radical (unpaired) electrons. The van der Waals surface area contributed by atoms with E-state index in [0.717, 1.165) is 64.6 Å². The van der Waals surface area contributed by atoms with E-state index in [4.69, 9.17) is 28.4 Å². The van der Waals surface area contributed by atoms with Crippen LogP contribution in [0.15, 0.2) is 12.2 Å². The number of allylic oxidation sites excluding steroid dienone is 1. The van der Waals surface area contributed by atoms with E-state index in [-0.39, 0.29) is 25.4 Å². The molecule has 0 aliphatic carbocycles. The molecule has 0 saturated carbocycles. The normalized spacial score (nSPS) is 29.0. The van der Waals surface area contributed by atoms with Crippen LogP contribution in [-0.2, 0) is 42.8 Å². The Morgan fingerprint density at radius 3 is 1.72 bits per heavy atom. The first-order valence-corrected chi connectivity index (χ1v) is 20.8. The molecule has 17 nitrogen and oxygen atoms in total. The Kier molecular flexibility index (Phi) is 25.2. The molecular formula is C40H72N2O15. The van der Waals surface area contributed by atoms with Gasteiger partial charge in [-0.3, -0.25) is 14.4 Å². The minimum absolute atomic E-state index is 0.124. The number of unbranched alkanes of at least 4 members (excludes halogenated alkanes) is 6. The number of nitrogens with one attached hydrogen (secondary N) is 1. The molecular weight excluding hydrogens is 748 g/mol. The number of hydrogen-bond acceptors (Lipinski definition) is 16. The maximum atomic E-state index is 12.6. The number of nitrogens with zero attached hydrogens (tertiary/aromatic N) is 1. The molecule has 2 saturated heterocycles. The van der Waals surface area contributed by atoms with E-state index >= 15 is 0 Å². The maximum Gasteiger partial charge on any atom is 0.305 e. The lowest BCUT2D eigenvalue weighted by atomic mass is 10.0. The molecule has 2 aliphatic heterocycles. The van der Waals surface area contributed by atoms with Gasteiger partial charge in [-0.15, -0.1) is 0 Å². The molecule has 2 aliphatic rings. The summed E-state index contributed by atoms with van der Waals surface area (Å²) in [5, 5.41) is 63.2. The number of aliphatic hydroxyl groups is 6. The summed E-state index contributed by atoms with van der Waals surface area (Å²) in [5.74, 6) is -1.14. The molecule has 17 heteroatoms. The molecule has 7 N–H and O–H groups in total. The number of esters is 2. The maximum absolute atomic E-state index is 12.6. The number of hydrogen-bond donors (Lipinski definition) is 7. The Morgan fingerprint density at radius 1 is 0.719 bits per heavy atom. The van der Waals surface area contributed by atoms with Crippen LogP contribution in [0, 0.1) is 0 Å². The Hall–Kier alpha value is -2.29. The van der Waals surface area contributed by atoms with Crippen molar-refractivity contribution < 1.29 is 73.4 Å². The quantitative estimate of drug-likeness (QED) is 0.0333. The van der Waals surface area contributed by atoms with E-state index in [1.54, 1.807) is 26.8 Å². The fraction of sp³-hybridized carbons (Fsp3) is 0.875. The Bertz CT molecular complexity index is 1120. The number of carbonyl (C=O) groups is 3. The summed E-state index contributed by atoms with van der Waals surface area (Å²) in [6.45, 7) is 11.0. The van der Waals surface area contributed by atoms with Crippen molar-refractivity contribution in [2.24, 2.45) is 0 Å². The standard InChI is InChI=1S/C40H72N2O15/c1-6-8-11-18-30(57-28(5)43)29(41-31(44)7-2)25-54-32(45)19-12-9-10-13-20-42(21-14-16-23-52-39-37(50)35(48)33(46)26(3)55-39)22-15-17-24-53-40-38(51)36(49)34(47)27(4)56-40/h11,18,26-27,29-30,33-40,46-51H,6-10,12-17,19-25H2,1-5H3,(H,41,44)/b18-11+/t26?,27?,29-,30+,33-,34-,35-,36-,37?,38?,39+,40+/m0/s1. The van der Waals surface area contributed by atoms with Crippen LogP contribution >= 0.6 is 0 Å². The van der Waals surface area contributed by atoms with E-state index in [9.17, 15) is 45.0 Å². The van der Waals surface area contributed by atoms with Gasteiger partial charge in [0.05, 0.1) is 12.2 Å². The molecule has 0 aromatic carbocycles. The van der Waals surface area contributed by atoms with Crippen LogP contribution in [0.2, 0.25) is 0 Å². The third-order valence-corrected chi connectivity index (χ3v) is 10.1. The van der Waals surface area contributed by atoms with Crippen molar-refractivity contribution in [1.29, 1.82) is 0 Å². The highest BCUT2D eigenvalue weighted by Crippen LogP contribution is 2.23. The zero-order chi connectivity index (χ0) is 42.3. The van der Waals surface area contributed by atoms with Gasteiger partial charge in [0.25, 0.3) is 0 Å². The van der Waals surface area contributed by atoms with Crippen LogP contribution in [0.25, 0.3) is 0 Å². The van der Waals surface area contributed by atoms with Gasteiger partial charge in [0.2, 0.25) is 5.91 Å². The fourth-order valence-corrected chi connectivity index (χ4v) is 6.50. The first-order chi connectivity index (χ1) is 27.2. The summed E-state index contributed by atoms with van der Waals surface area (Å²) < 4.78 is 33.3. The predicted octanol–water partition coefficient (Wildman–Crippen LogP) is 1.21. The van der Waals surface area contributed by atoms with Gasteiger partial charge in [0, 0.05) is 33.0 Å². The van der Waals surface area contributed by atoms with E-state index in [1.807, 2.05) is 13.0 Å². The van der Waals surface area contributed by atoms with Gasteiger partial charge in [-0.05, 0) is 84.5 Å². The second-order valence-corrected chi connectivity index (χ2v) is 15.0. The van der Waals surface area contributed by atoms with Gasteiger partial charge in [0.15, 0.2) is 12.6 Å². The minimum Gasteiger partial charge on any atom is -0.463 e. The third-order valence-electron chi connectivity index (χ3n) is 10.1. The van der Waals surface area contributed by atoms with Crippen LogP contribution in [0.5, 0.6) is 0 Å². The molecule has 4 unspecified atom stereocenters. The highest BCUT2D eigenvalue weighted by atomic mass is 16.7. The summed E-state index contributed by atoms with van der Waals surface area (Å²) in [4.78, 5) is 38.9. The smallest absolute Gasteiger partial charge is 0.305 e. The van der Waals surface area contributed by atoms with E-state index in [2.05, 4.69) is 10.2 Å². The van der Waals surface area contributed by atoms with Crippen molar-refractivity contribution in [3.8, 4) is 0 Å². The zero-order valence-corrected chi connectivity index (χ0v) is 34.6. The van der Waals surface area contributed by atoms with Gasteiger partial charge in [-0.2, -0.15) is 0 Å². The fourth-order valence-electron chi connectivity index (χ4n) is 6.50. The van der Waals surface area contributed by atoms with Crippen molar-refractivity contribution in [3.05, 3.63) is 12.2 Å². The Morgan fingerprint density at radius 2 is 1.23 bits per heavy atom. The number of amides is 1. The molecule has 2 heterocycles. The predicted molar refractivity (Wildman–Crippen MR) is 207 cm³/mol. The Balaban J connectivity index is 1.80. The Labute approximate surface area is 338 Å². The monoisotopic (exact) mass is 820 g/mol. The number of rotatable bonds is 28. The molecule has 0 bridgehead atoms. The van der Waals surface area contributed by atoms with Crippen molar-refractivity contribution in [2.45, 2.75) is 185 Å². The lowest BCUT2D eigenvalue weighted by Gasteiger charge is -2.39. The van der Waals surface area contributed by atoms with Crippen LogP contribution in [0.1, 0.15) is 112 Å². The molecule has 2 fully saturated rings. The van der Waals surface area contributed by atoms with Crippen LogP contribution < -0.4 is 5.32 Å². The number of carbonyl (C=O) groups excluding carboxylic acids is 3. The van der Waals surface area contributed by atoms with Gasteiger partial charge in [-0.25, -0.2) is 0 Å². The summed E-state index contributed by atoms with van der Waals surface area (Å²) in [7, 11) is 0. The second kappa shape index (κ2) is 28.2. The zero-order valence-electron chi connectivity index (χ0n) is 34.6. The van der Waals surface area contributed by atoms with Crippen LogP contribution in [0.4, 0.5) is 0 Å². The molecule has 57 heavy (non-hydrogen) atoms. The van der Waals surface area contributed by atoms with E-state index < -0.39 is 85.5 Å². The first-order valence-electron chi connectivity index (χ1n) is 20.8. The lowest BCUT2D eigenvalue weighted by Crippen LogP contribution is -2.57. The van der Waals surface area contributed by atoms with Crippen molar-refractivity contribution >= 4 is 17.8 Å².